The number of nitrogens with zero attached hydrogens (tertiary/aromatic N) is 3. The number of hydrogen-bond acceptors (Lipinski definition) is 7. The fraction of sp³-hybridized carbons (Fsp3) is 0.560. The van der Waals surface area contributed by atoms with Gasteiger partial charge in [0.1, 0.15) is 43.3 Å². The predicted molar refractivity (Wildman–Crippen MR) is 150 cm³/mol. The number of hydrogen-bond donors (Lipinski definition) is 1. The van der Waals surface area contributed by atoms with Gasteiger partial charge in [-0.1, -0.05) is 19.4 Å². The summed E-state index contributed by atoms with van der Waals surface area (Å²) in [6.07, 6.45) is -0.902. The van der Waals surface area contributed by atoms with Crippen LogP contribution in [-0.2, 0) is 33.4 Å². The highest BCUT2D eigenvalue weighted by atomic mass is 79.9. The molecule has 1 aliphatic rings. The number of benzene rings is 1. The van der Waals surface area contributed by atoms with Crippen molar-refractivity contribution in [2.45, 2.75) is 51.1 Å². The Labute approximate surface area is 239 Å². The van der Waals surface area contributed by atoms with E-state index >= 15 is 13.2 Å². The SMILES string of the molecule is CCCC[S@+]([O-])N[C@@](CS1(=O)=NCCCCN1Cc1ccc(OC)cc1OC)(c1nc(Br)ccc1F)C(F)F. The number of ether oxygens (including phenoxy) is 2. The molecule has 0 saturated carbocycles. The molecule has 8 nitrogen and oxygen atoms in total. The lowest BCUT2D eigenvalue weighted by molar-refractivity contribution is 0.0491. The zero-order valence-electron chi connectivity index (χ0n) is 22.1. The van der Waals surface area contributed by atoms with Crippen molar-refractivity contribution < 1.29 is 31.4 Å². The first-order valence-corrected chi connectivity index (χ1v) is 16.3. The number of pyridine rings is 1. The van der Waals surface area contributed by atoms with Gasteiger partial charge in [-0.25, -0.2) is 31.0 Å². The van der Waals surface area contributed by atoms with Crippen molar-refractivity contribution in [1.29, 1.82) is 0 Å². The van der Waals surface area contributed by atoms with E-state index in [-0.39, 0.29) is 23.4 Å². The topological polar surface area (TPSA) is 99.1 Å². The van der Waals surface area contributed by atoms with Crippen LogP contribution < -0.4 is 14.2 Å². The van der Waals surface area contributed by atoms with E-state index in [4.69, 9.17) is 9.47 Å². The molecule has 1 N–H and O–H groups in total. The van der Waals surface area contributed by atoms with Gasteiger partial charge in [-0.3, -0.25) is 0 Å². The summed E-state index contributed by atoms with van der Waals surface area (Å²) in [5.74, 6) is -0.763. The zero-order valence-corrected chi connectivity index (χ0v) is 25.4. The Morgan fingerprint density at radius 3 is 2.69 bits per heavy atom. The minimum Gasteiger partial charge on any atom is -0.598 e. The molecular formula is C25H34BrF3N4O4S2. The van der Waals surface area contributed by atoms with Gasteiger partial charge in [-0.05, 0) is 53.4 Å². The van der Waals surface area contributed by atoms with Crippen LogP contribution >= 0.6 is 15.9 Å². The van der Waals surface area contributed by atoms with Crippen molar-refractivity contribution in [2.24, 2.45) is 4.36 Å². The van der Waals surface area contributed by atoms with Gasteiger partial charge < -0.3 is 14.0 Å². The van der Waals surface area contributed by atoms with E-state index in [1.165, 1.54) is 24.6 Å². The number of rotatable bonds is 13. The maximum Gasteiger partial charge on any atom is 0.267 e. The summed E-state index contributed by atoms with van der Waals surface area (Å²) in [5.41, 5.74) is -2.66. The molecule has 1 aliphatic heterocycles. The molecule has 1 aromatic heterocycles. The third-order valence-electron chi connectivity index (χ3n) is 6.36. The second-order valence-corrected chi connectivity index (χ2v) is 13.5. The lowest BCUT2D eigenvalue weighted by Crippen LogP contribution is -2.58. The van der Waals surface area contributed by atoms with Gasteiger partial charge in [0.2, 0.25) is 0 Å². The van der Waals surface area contributed by atoms with Crippen molar-refractivity contribution in [1.82, 2.24) is 14.0 Å². The van der Waals surface area contributed by atoms with Crippen LogP contribution in [0.3, 0.4) is 0 Å². The second kappa shape index (κ2) is 14.4. The molecule has 0 amide bonds. The molecule has 0 saturated heterocycles. The molecule has 0 spiro atoms. The molecule has 218 valence electrons. The summed E-state index contributed by atoms with van der Waals surface area (Å²) < 4.78 is 92.4. The largest absolute Gasteiger partial charge is 0.598 e. The Hall–Kier alpha value is -1.58. The molecule has 0 radical (unpaired) electrons. The Balaban J connectivity index is 2.12. The Morgan fingerprint density at radius 2 is 2.03 bits per heavy atom. The highest BCUT2D eigenvalue weighted by molar-refractivity contribution is 9.10. The molecule has 0 fully saturated rings. The molecule has 0 aliphatic carbocycles. The van der Waals surface area contributed by atoms with E-state index in [9.17, 15) is 8.76 Å². The first kappa shape index (κ1) is 31.9. The van der Waals surface area contributed by atoms with E-state index in [2.05, 4.69) is 30.0 Å². The minimum absolute atomic E-state index is 0.0612. The van der Waals surface area contributed by atoms with Crippen LogP contribution in [0.4, 0.5) is 13.2 Å². The van der Waals surface area contributed by atoms with Crippen molar-refractivity contribution in [3.05, 3.63) is 52.0 Å². The Morgan fingerprint density at radius 1 is 1.26 bits per heavy atom. The third kappa shape index (κ3) is 7.79. The molecule has 0 bridgehead atoms. The number of methoxy groups -OCH3 is 2. The fourth-order valence-electron chi connectivity index (χ4n) is 4.24. The maximum atomic E-state index is 15.2. The molecule has 3 rings (SSSR count). The summed E-state index contributed by atoms with van der Waals surface area (Å²) in [6.45, 7) is 2.42. The first-order chi connectivity index (χ1) is 18.6. The van der Waals surface area contributed by atoms with E-state index in [0.29, 0.717) is 49.3 Å². The molecular weight excluding hydrogens is 621 g/mol. The highest BCUT2D eigenvalue weighted by Crippen LogP contribution is 2.36. The number of aromatic nitrogens is 1. The van der Waals surface area contributed by atoms with Crippen LogP contribution in [0, 0.1) is 5.82 Å². The van der Waals surface area contributed by atoms with Gasteiger partial charge in [0.05, 0.1) is 20.0 Å². The Bertz CT molecular complexity index is 1240. The summed E-state index contributed by atoms with van der Waals surface area (Å²) >= 11 is 1.14. The van der Waals surface area contributed by atoms with Gasteiger partial charge in [-0.15, -0.1) is 4.72 Å². The highest BCUT2D eigenvalue weighted by Gasteiger charge is 2.52. The summed E-state index contributed by atoms with van der Waals surface area (Å²) in [5, 5.41) is 0. The van der Waals surface area contributed by atoms with Crippen LogP contribution in [-0.4, -0.2) is 63.3 Å². The molecule has 14 heteroatoms. The van der Waals surface area contributed by atoms with E-state index in [0.717, 1.165) is 6.07 Å². The van der Waals surface area contributed by atoms with Crippen LogP contribution in [0.2, 0.25) is 0 Å². The van der Waals surface area contributed by atoms with Gasteiger partial charge in [0.25, 0.3) is 6.43 Å². The van der Waals surface area contributed by atoms with Crippen LogP contribution in [0.15, 0.2) is 39.3 Å². The van der Waals surface area contributed by atoms with E-state index < -0.39 is 50.5 Å². The van der Waals surface area contributed by atoms with Crippen LogP contribution in [0.25, 0.3) is 0 Å². The number of unbranched alkanes of at least 4 members (excludes halogenated alkanes) is 1. The molecule has 3 atom stereocenters. The quantitative estimate of drug-likeness (QED) is 0.236. The molecule has 39 heavy (non-hydrogen) atoms. The monoisotopic (exact) mass is 654 g/mol. The standard InChI is InChI=1S/C25H34BrF3N4O4S2/c1-4-5-14-38(34)32-25(24(28)29,23-20(27)10-11-22(26)31-23)17-39(35)30-12-6-7-13-33(39)16-18-8-9-19(36-2)15-21(18)37-3/h8-11,15,24,32H,4-7,12-14,16-17H2,1-3H3/t25-,38-,39?/m0/s1. The fourth-order valence-corrected chi connectivity index (χ4v) is 8.49. The predicted octanol–water partition coefficient (Wildman–Crippen LogP) is 5.19. The van der Waals surface area contributed by atoms with E-state index in [1.807, 2.05) is 6.92 Å². The summed E-state index contributed by atoms with van der Waals surface area (Å²) in [4.78, 5) is 4.02. The maximum absolute atomic E-state index is 15.2. The average Bonchev–Trinajstić information content (AvgIpc) is 3.09. The lowest BCUT2D eigenvalue weighted by Gasteiger charge is -2.36. The van der Waals surface area contributed by atoms with Crippen LogP contribution in [0.1, 0.15) is 43.9 Å². The lowest BCUT2D eigenvalue weighted by atomic mass is 9.98. The summed E-state index contributed by atoms with van der Waals surface area (Å²) in [7, 11) is -0.573. The third-order valence-corrected chi connectivity index (χ3v) is 10.6. The molecule has 2 aromatic rings. The molecule has 2 heterocycles. The molecule has 1 unspecified atom stereocenters. The van der Waals surface area contributed by atoms with Gasteiger partial charge in [0, 0.05) is 42.6 Å². The number of halogens is 4. The van der Waals surface area contributed by atoms with Crippen molar-refractivity contribution in [2.75, 3.05) is 38.8 Å². The first-order valence-electron chi connectivity index (χ1n) is 12.5. The van der Waals surface area contributed by atoms with Crippen molar-refractivity contribution in [3.63, 3.8) is 0 Å². The van der Waals surface area contributed by atoms with Gasteiger partial charge in [0.15, 0.2) is 5.54 Å². The Kier molecular flexibility index (Phi) is 11.8. The minimum atomic E-state index is -3.58. The normalized spacial score (nSPS) is 20.6. The van der Waals surface area contributed by atoms with Crippen LogP contribution in [0.5, 0.6) is 11.5 Å². The van der Waals surface area contributed by atoms with E-state index in [1.54, 1.807) is 18.2 Å². The van der Waals surface area contributed by atoms with Gasteiger partial charge in [-0.2, -0.15) is 0 Å². The average molecular weight is 656 g/mol. The van der Waals surface area contributed by atoms with Gasteiger partial charge >= 0.3 is 0 Å². The summed E-state index contributed by atoms with van der Waals surface area (Å²) in [6, 6.07) is 7.42. The number of alkyl halides is 2. The zero-order chi connectivity index (χ0) is 28.6. The second-order valence-electron chi connectivity index (χ2n) is 9.09. The van der Waals surface area contributed by atoms with Crippen molar-refractivity contribution >= 4 is 37.2 Å². The van der Waals surface area contributed by atoms with Crippen molar-refractivity contribution in [3.8, 4) is 11.5 Å². The molecule has 1 aromatic carbocycles. The smallest absolute Gasteiger partial charge is 0.267 e. The number of nitrogens with one attached hydrogen (secondary N) is 1.